The molecule has 0 bridgehead atoms. The average Bonchev–Trinajstić information content (AvgIpc) is 2.69. The van der Waals surface area contributed by atoms with E-state index in [9.17, 15) is 4.39 Å². The molecule has 0 aromatic heterocycles. The second-order valence-electron chi connectivity index (χ2n) is 6.12. The van der Waals surface area contributed by atoms with Crippen LogP contribution in [0.2, 0.25) is 20.1 Å². The molecule has 3 aromatic carbocycles. The quantitative estimate of drug-likeness (QED) is 0.381. The summed E-state index contributed by atoms with van der Waals surface area (Å²) in [7, 11) is 1.53. The van der Waals surface area contributed by atoms with Crippen LogP contribution in [0.1, 0.15) is 11.1 Å². The minimum atomic E-state index is -0.468. The average molecular weight is 475 g/mol. The summed E-state index contributed by atoms with van der Waals surface area (Å²) < 4.78 is 24.6. The topological polar surface area (TPSA) is 30.5 Å². The summed E-state index contributed by atoms with van der Waals surface area (Å²) in [5.41, 5.74) is 2.31. The van der Waals surface area contributed by atoms with Gasteiger partial charge >= 0.3 is 0 Å². The predicted molar refractivity (Wildman–Crippen MR) is 118 cm³/mol. The number of ether oxygens (including phenoxy) is 2. The van der Waals surface area contributed by atoms with Crippen LogP contribution in [0, 0.1) is 5.82 Å². The van der Waals surface area contributed by atoms with Crippen molar-refractivity contribution in [2.45, 2.75) is 13.2 Å². The molecule has 0 radical (unpaired) electrons. The molecule has 0 fully saturated rings. The summed E-state index contributed by atoms with van der Waals surface area (Å²) in [5.74, 6) is 0.425. The normalized spacial score (nSPS) is 10.7. The number of hydrogen-bond donors (Lipinski definition) is 1. The first-order valence-corrected chi connectivity index (χ1v) is 10.0. The first-order valence-electron chi connectivity index (χ1n) is 8.49. The van der Waals surface area contributed by atoms with Crippen LogP contribution in [-0.4, -0.2) is 7.11 Å². The molecule has 3 aromatic rings. The van der Waals surface area contributed by atoms with Crippen LogP contribution in [0.3, 0.4) is 0 Å². The minimum absolute atomic E-state index is 0.0511. The molecule has 1 N–H and O–H groups in total. The van der Waals surface area contributed by atoms with Crippen molar-refractivity contribution >= 4 is 52.1 Å². The molecule has 0 heterocycles. The smallest absolute Gasteiger partial charge is 0.180 e. The standard InChI is InChI=1S/C21H16Cl4FNO2/c1-28-20-7-12(10-27-15-4-5-19(26)17(24)9-15)6-18(25)21(20)29-11-13-2-3-14(22)8-16(13)23/h2-9,27H,10-11H2,1H3. The molecular weight excluding hydrogens is 459 g/mol. The third-order valence-electron chi connectivity index (χ3n) is 4.09. The van der Waals surface area contributed by atoms with Crippen LogP contribution < -0.4 is 14.8 Å². The second-order valence-corrected chi connectivity index (χ2v) is 7.77. The van der Waals surface area contributed by atoms with Gasteiger partial charge in [0, 0.05) is 27.8 Å². The molecular formula is C21H16Cl4FNO2. The maximum atomic E-state index is 13.3. The van der Waals surface area contributed by atoms with Gasteiger partial charge in [-0.25, -0.2) is 4.39 Å². The molecule has 0 saturated heterocycles. The molecule has 8 heteroatoms. The van der Waals surface area contributed by atoms with E-state index in [-0.39, 0.29) is 11.6 Å². The van der Waals surface area contributed by atoms with E-state index in [0.29, 0.717) is 38.8 Å². The lowest BCUT2D eigenvalue weighted by Crippen LogP contribution is -2.03. The van der Waals surface area contributed by atoms with Gasteiger partial charge in [-0.3, -0.25) is 0 Å². The highest BCUT2D eigenvalue weighted by Gasteiger charge is 2.13. The zero-order valence-corrected chi connectivity index (χ0v) is 18.3. The van der Waals surface area contributed by atoms with Crippen molar-refractivity contribution in [2.75, 3.05) is 12.4 Å². The Morgan fingerprint density at radius 2 is 1.69 bits per heavy atom. The molecule has 3 rings (SSSR count). The van der Waals surface area contributed by atoms with Crippen LogP contribution in [0.4, 0.5) is 10.1 Å². The molecule has 0 aliphatic carbocycles. The van der Waals surface area contributed by atoms with E-state index in [1.165, 1.54) is 19.2 Å². The van der Waals surface area contributed by atoms with Gasteiger partial charge in [0.15, 0.2) is 11.5 Å². The highest BCUT2D eigenvalue weighted by molar-refractivity contribution is 6.35. The van der Waals surface area contributed by atoms with Crippen molar-refractivity contribution in [1.82, 2.24) is 0 Å². The van der Waals surface area contributed by atoms with Crippen LogP contribution in [-0.2, 0) is 13.2 Å². The lowest BCUT2D eigenvalue weighted by molar-refractivity contribution is 0.284. The van der Waals surface area contributed by atoms with Gasteiger partial charge in [-0.2, -0.15) is 0 Å². The van der Waals surface area contributed by atoms with Gasteiger partial charge in [-0.05, 0) is 48.0 Å². The summed E-state index contributed by atoms with van der Waals surface area (Å²) in [6.07, 6.45) is 0. The van der Waals surface area contributed by atoms with Crippen LogP contribution in [0.15, 0.2) is 48.5 Å². The molecule has 0 atom stereocenters. The van der Waals surface area contributed by atoms with E-state index < -0.39 is 5.82 Å². The number of anilines is 1. The Labute approximate surface area is 188 Å². The van der Waals surface area contributed by atoms with E-state index in [2.05, 4.69) is 5.32 Å². The third-order valence-corrected chi connectivity index (χ3v) is 5.25. The number of methoxy groups -OCH3 is 1. The summed E-state index contributed by atoms with van der Waals surface area (Å²) in [6, 6.07) is 13.2. The van der Waals surface area contributed by atoms with Crippen LogP contribution in [0.25, 0.3) is 0 Å². The Hall–Kier alpha value is -1.85. The van der Waals surface area contributed by atoms with E-state index in [4.69, 9.17) is 55.9 Å². The molecule has 3 nitrogen and oxygen atoms in total. The fourth-order valence-corrected chi connectivity index (χ4v) is 3.55. The lowest BCUT2D eigenvalue weighted by Gasteiger charge is -2.15. The molecule has 0 amide bonds. The fourth-order valence-electron chi connectivity index (χ4n) is 2.61. The largest absolute Gasteiger partial charge is 0.493 e. The van der Waals surface area contributed by atoms with Gasteiger partial charge in [-0.15, -0.1) is 0 Å². The number of halogens is 5. The Balaban J connectivity index is 1.73. The molecule has 0 aliphatic heterocycles. The zero-order chi connectivity index (χ0) is 21.0. The predicted octanol–water partition coefficient (Wildman–Crippen LogP) is 7.64. The number of benzene rings is 3. The first-order chi connectivity index (χ1) is 13.9. The maximum Gasteiger partial charge on any atom is 0.180 e. The first kappa shape index (κ1) is 21.8. The van der Waals surface area contributed by atoms with E-state index in [1.807, 2.05) is 6.07 Å². The second kappa shape index (κ2) is 9.77. The van der Waals surface area contributed by atoms with Gasteiger partial charge in [0.2, 0.25) is 0 Å². The molecule has 0 saturated carbocycles. The van der Waals surface area contributed by atoms with Gasteiger partial charge < -0.3 is 14.8 Å². The minimum Gasteiger partial charge on any atom is -0.493 e. The van der Waals surface area contributed by atoms with Crippen molar-refractivity contribution in [2.24, 2.45) is 0 Å². The summed E-state index contributed by atoms with van der Waals surface area (Å²) in [5, 5.41) is 4.66. The fraction of sp³-hybridized carbons (Fsp3) is 0.143. The van der Waals surface area contributed by atoms with Crippen molar-refractivity contribution in [3.63, 3.8) is 0 Å². The summed E-state index contributed by atoms with van der Waals surface area (Å²) in [6.45, 7) is 0.638. The van der Waals surface area contributed by atoms with Crippen LogP contribution in [0.5, 0.6) is 11.5 Å². The summed E-state index contributed by atoms with van der Waals surface area (Å²) in [4.78, 5) is 0. The third kappa shape index (κ3) is 5.61. The zero-order valence-electron chi connectivity index (χ0n) is 15.2. The van der Waals surface area contributed by atoms with Crippen LogP contribution >= 0.6 is 46.4 Å². The van der Waals surface area contributed by atoms with Crippen molar-refractivity contribution in [3.05, 3.63) is 85.6 Å². The number of rotatable bonds is 7. The molecule has 29 heavy (non-hydrogen) atoms. The van der Waals surface area contributed by atoms with E-state index in [1.54, 1.807) is 30.3 Å². The van der Waals surface area contributed by atoms with Crippen molar-refractivity contribution in [1.29, 1.82) is 0 Å². The lowest BCUT2D eigenvalue weighted by atomic mass is 10.2. The van der Waals surface area contributed by atoms with E-state index >= 15 is 0 Å². The molecule has 0 aliphatic rings. The summed E-state index contributed by atoms with van der Waals surface area (Å²) >= 11 is 24.3. The highest BCUT2D eigenvalue weighted by Crippen LogP contribution is 2.37. The Morgan fingerprint density at radius 3 is 2.38 bits per heavy atom. The molecule has 0 unspecified atom stereocenters. The van der Waals surface area contributed by atoms with Gasteiger partial charge in [0.25, 0.3) is 0 Å². The van der Waals surface area contributed by atoms with Crippen molar-refractivity contribution < 1.29 is 13.9 Å². The maximum absolute atomic E-state index is 13.3. The molecule has 0 spiro atoms. The van der Waals surface area contributed by atoms with Crippen molar-refractivity contribution in [3.8, 4) is 11.5 Å². The highest BCUT2D eigenvalue weighted by atomic mass is 35.5. The Kier molecular flexibility index (Phi) is 7.36. The Bertz CT molecular complexity index is 1030. The monoisotopic (exact) mass is 473 g/mol. The van der Waals surface area contributed by atoms with Gasteiger partial charge in [-0.1, -0.05) is 52.5 Å². The van der Waals surface area contributed by atoms with E-state index in [0.717, 1.165) is 11.1 Å². The Morgan fingerprint density at radius 1 is 0.897 bits per heavy atom. The molecule has 152 valence electrons. The van der Waals surface area contributed by atoms with Gasteiger partial charge in [0.05, 0.1) is 17.2 Å². The van der Waals surface area contributed by atoms with Gasteiger partial charge in [0.1, 0.15) is 12.4 Å². The number of nitrogens with one attached hydrogen (secondary N) is 1. The number of hydrogen-bond acceptors (Lipinski definition) is 3. The SMILES string of the molecule is COc1cc(CNc2ccc(F)c(Cl)c2)cc(Cl)c1OCc1ccc(Cl)cc1Cl.